The highest BCUT2D eigenvalue weighted by atomic mass is 35.5. The molecule has 14 heavy (non-hydrogen) atoms. The van der Waals surface area contributed by atoms with Crippen LogP contribution in [0.5, 0.6) is 0 Å². The Balaban J connectivity index is 0. The summed E-state index contributed by atoms with van der Waals surface area (Å²) in [6.45, 7) is 5.53. The number of halogens is 1. The van der Waals surface area contributed by atoms with Crippen molar-refractivity contribution < 1.29 is 4.74 Å². The number of ether oxygens (including phenoxy) is 1. The smallest absolute Gasteiger partial charge is 0.316 e. The Morgan fingerprint density at radius 3 is 2.21 bits per heavy atom. The molecule has 0 atom stereocenters. The summed E-state index contributed by atoms with van der Waals surface area (Å²) in [5.74, 6) is 0. The Morgan fingerprint density at radius 1 is 1.36 bits per heavy atom. The maximum absolute atomic E-state index is 4.94. The fourth-order valence-corrected chi connectivity index (χ4v) is 0.888. The Morgan fingerprint density at radius 2 is 2.00 bits per heavy atom. The van der Waals surface area contributed by atoms with Crippen LogP contribution in [0.3, 0.4) is 0 Å². The van der Waals surface area contributed by atoms with Crippen molar-refractivity contribution in [3.8, 4) is 0 Å². The van der Waals surface area contributed by atoms with E-state index in [0.717, 1.165) is 13.2 Å². The molecule has 5 heteroatoms. The highest BCUT2D eigenvalue weighted by molar-refractivity contribution is 5.85. The summed E-state index contributed by atoms with van der Waals surface area (Å²) in [6.07, 6.45) is 9.47. The van der Waals surface area contributed by atoms with Gasteiger partial charge in [0.25, 0.3) is 0 Å². The lowest BCUT2D eigenvalue weighted by atomic mass is 10.4. The van der Waals surface area contributed by atoms with Gasteiger partial charge in [0.15, 0.2) is 0 Å². The zero-order valence-electron chi connectivity index (χ0n) is 7.56. The predicted molar refractivity (Wildman–Crippen MR) is 64.5 cm³/mol. The lowest BCUT2D eigenvalue weighted by molar-refractivity contribution is 0.198. The monoisotopic (exact) mass is 228 g/mol. The maximum atomic E-state index is 4.94. The molecule has 0 N–H and O–H groups in total. The Labute approximate surface area is 107 Å². The van der Waals surface area contributed by atoms with Crippen LogP contribution in [0.15, 0.2) is 25.3 Å². The summed E-state index contributed by atoms with van der Waals surface area (Å²) in [5, 5.41) is 0. The molecule has 0 bridgehead atoms. The molecule has 1 aromatic heterocycles. The number of aromatic nitrogens is 2. The van der Waals surface area contributed by atoms with Crippen LogP contribution >= 0.6 is 12.4 Å². The third-order valence-corrected chi connectivity index (χ3v) is 1.56. The second-order valence-corrected chi connectivity index (χ2v) is 2.51. The van der Waals surface area contributed by atoms with E-state index >= 15 is 0 Å². The number of imidazole rings is 1. The highest BCUT2D eigenvalue weighted by Crippen LogP contribution is 1.98. The van der Waals surface area contributed by atoms with E-state index in [1.807, 2.05) is 6.20 Å². The van der Waals surface area contributed by atoms with Crippen molar-refractivity contribution in [2.75, 3.05) is 13.2 Å². The van der Waals surface area contributed by atoms with Gasteiger partial charge < -0.3 is 9.30 Å². The van der Waals surface area contributed by atoms with Crippen molar-refractivity contribution in [2.24, 2.45) is 0 Å². The SMILES string of the molecule is C1CCOC1.C=Cn1ccnc1.Cl.[MgH2]. The van der Waals surface area contributed by atoms with Gasteiger partial charge in [-0.1, -0.05) is 6.58 Å². The summed E-state index contributed by atoms with van der Waals surface area (Å²) in [6, 6.07) is 0. The van der Waals surface area contributed by atoms with Gasteiger partial charge >= 0.3 is 23.1 Å². The minimum absolute atomic E-state index is 0. The van der Waals surface area contributed by atoms with Crippen LogP contribution in [0.2, 0.25) is 0 Å². The van der Waals surface area contributed by atoms with Gasteiger partial charge in [-0.25, -0.2) is 4.98 Å². The van der Waals surface area contributed by atoms with Crippen molar-refractivity contribution in [1.29, 1.82) is 0 Å². The predicted octanol–water partition coefficient (Wildman–Crippen LogP) is 1.29. The van der Waals surface area contributed by atoms with E-state index in [4.69, 9.17) is 4.74 Å². The first-order valence-corrected chi connectivity index (χ1v) is 4.11. The van der Waals surface area contributed by atoms with Gasteiger partial charge in [-0.2, -0.15) is 0 Å². The summed E-state index contributed by atoms with van der Waals surface area (Å²) in [5.41, 5.74) is 0. The third kappa shape index (κ3) is 7.38. The minimum atomic E-state index is 0. The molecule has 1 aliphatic heterocycles. The van der Waals surface area contributed by atoms with Gasteiger partial charge in [0, 0.05) is 31.8 Å². The lowest BCUT2D eigenvalue weighted by Crippen LogP contribution is -1.74. The van der Waals surface area contributed by atoms with E-state index in [1.165, 1.54) is 12.8 Å². The second kappa shape index (κ2) is 11.0. The van der Waals surface area contributed by atoms with Gasteiger partial charge in [0.05, 0.1) is 6.33 Å². The number of hydrogen-bond acceptors (Lipinski definition) is 2. The fraction of sp³-hybridized carbons (Fsp3) is 0.444. The molecule has 1 fully saturated rings. The molecule has 0 spiro atoms. The van der Waals surface area contributed by atoms with E-state index in [0.29, 0.717) is 0 Å². The van der Waals surface area contributed by atoms with Crippen LogP contribution in [0.25, 0.3) is 6.20 Å². The topological polar surface area (TPSA) is 27.1 Å². The van der Waals surface area contributed by atoms with E-state index in [-0.39, 0.29) is 35.5 Å². The van der Waals surface area contributed by atoms with Crippen LogP contribution in [-0.4, -0.2) is 45.8 Å². The first-order valence-electron chi connectivity index (χ1n) is 4.11. The molecule has 3 nitrogen and oxygen atoms in total. The molecule has 0 amide bonds. The molecular formula is C9H17ClMgN2O. The molecule has 1 aliphatic rings. The van der Waals surface area contributed by atoms with Crippen molar-refractivity contribution in [2.45, 2.75) is 12.8 Å². The molecule has 0 aliphatic carbocycles. The Bertz CT molecular complexity index is 205. The molecule has 1 aromatic rings. The summed E-state index contributed by atoms with van der Waals surface area (Å²) < 4.78 is 6.72. The van der Waals surface area contributed by atoms with E-state index in [9.17, 15) is 0 Å². The summed E-state index contributed by atoms with van der Waals surface area (Å²) >= 11 is 0. The van der Waals surface area contributed by atoms with Crippen LogP contribution in [-0.2, 0) is 4.74 Å². The second-order valence-electron chi connectivity index (χ2n) is 2.51. The quantitative estimate of drug-likeness (QED) is 0.678. The molecule has 2 rings (SSSR count). The molecule has 0 aromatic carbocycles. The summed E-state index contributed by atoms with van der Waals surface area (Å²) in [4.78, 5) is 3.78. The van der Waals surface area contributed by atoms with E-state index in [2.05, 4.69) is 11.6 Å². The molecule has 0 saturated carbocycles. The largest absolute Gasteiger partial charge is 0.381 e. The zero-order chi connectivity index (χ0) is 8.65. The van der Waals surface area contributed by atoms with Crippen LogP contribution in [0, 0.1) is 0 Å². The first-order chi connectivity index (χ1) is 5.93. The highest BCUT2D eigenvalue weighted by Gasteiger charge is 1.94. The Hall–Kier alpha value is -0.0338. The van der Waals surface area contributed by atoms with Crippen molar-refractivity contribution in [1.82, 2.24) is 9.55 Å². The van der Waals surface area contributed by atoms with Crippen molar-refractivity contribution in [3.63, 3.8) is 0 Å². The van der Waals surface area contributed by atoms with Crippen LogP contribution < -0.4 is 0 Å². The Kier molecular flexibility index (Phi) is 12.9. The third-order valence-electron chi connectivity index (χ3n) is 1.56. The normalized spacial score (nSPS) is 12.9. The van der Waals surface area contributed by atoms with Crippen molar-refractivity contribution >= 4 is 41.7 Å². The van der Waals surface area contributed by atoms with E-state index in [1.54, 1.807) is 23.3 Å². The number of rotatable bonds is 1. The lowest BCUT2D eigenvalue weighted by Gasteiger charge is -1.80. The average molecular weight is 229 g/mol. The number of nitrogens with zero attached hydrogens (tertiary/aromatic N) is 2. The average Bonchev–Trinajstić information content (AvgIpc) is 2.81. The zero-order valence-corrected chi connectivity index (χ0v) is 8.37. The molecule has 1 saturated heterocycles. The summed E-state index contributed by atoms with van der Waals surface area (Å²) in [7, 11) is 0. The molecule has 0 radical (unpaired) electrons. The van der Waals surface area contributed by atoms with Gasteiger partial charge in [0.2, 0.25) is 0 Å². The standard InChI is InChI=1S/C5H6N2.C4H8O.ClH.Mg.2H/c1-2-7-4-3-6-5-7;1-2-4-5-3-1;;;;/h2-5H,1H2;1-4H2;1H;;;. The number of hydrogen-bond donors (Lipinski definition) is 0. The van der Waals surface area contributed by atoms with Crippen LogP contribution in [0.4, 0.5) is 0 Å². The van der Waals surface area contributed by atoms with Crippen molar-refractivity contribution in [3.05, 3.63) is 25.3 Å². The fourth-order valence-electron chi connectivity index (χ4n) is 0.888. The minimum Gasteiger partial charge on any atom is -0.381 e. The van der Waals surface area contributed by atoms with Crippen LogP contribution in [0.1, 0.15) is 12.8 Å². The van der Waals surface area contributed by atoms with Gasteiger partial charge in [0.1, 0.15) is 0 Å². The molecule has 78 valence electrons. The van der Waals surface area contributed by atoms with Gasteiger partial charge in [-0.05, 0) is 12.8 Å². The molecule has 2 heterocycles. The molecular weight excluding hydrogens is 212 g/mol. The van der Waals surface area contributed by atoms with Gasteiger partial charge in [-0.3, -0.25) is 0 Å². The first kappa shape index (κ1) is 16.4. The molecule has 0 unspecified atom stereocenters. The van der Waals surface area contributed by atoms with E-state index < -0.39 is 0 Å². The maximum Gasteiger partial charge on any atom is 0.316 e. The van der Waals surface area contributed by atoms with Gasteiger partial charge in [-0.15, -0.1) is 12.4 Å².